The summed E-state index contributed by atoms with van der Waals surface area (Å²) < 4.78 is 0. The Labute approximate surface area is 237 Å². The fourth-order valence-electron chi connectivity index (χ4n) is 6.71. The van der Waals surface area contributed by atoms with Crippen LogP contribution in [0.25, 0.3) is 0 Å². The molecule has 0 aromatic heterocycles. The smallest absolute Gasteiger partial charge is 0.184 e. The van der Waals surface area contributed by atoms with Gasteiger partial charge in [-0.05, 0) is 105 Å². The first-order valence-electron chi connectivity index (χ1n) is 14.6. The highest BCUT2D eigenvalue weighted by Gasteiger charge is 2.75. The number of fused-ring (bicyclic) bond motifs is 2. The zero-order chi connectivity index (χ0) is 29.9. The maximum absolute atomic E-state index is 15.0. The van der Waals surface area contributed by atoms with E-state index in [2.05, 4.69) is 12.2 Å². The maximum Gasteiger partial charge on any atom is 0.184 e. The van der Waals surface area contributed by atoms with E-state index in [0.29, 0.717) is 25.7 Å². The Balaban J connectivity index is 3.09. The van der Waals surface area contributed by atoms with Gasteiger partial charge in [0.05, 0.1) is 5.41 Å². The second kappa shape index (κ2) is 12.4. The molecular weight excluding hydrogens is 484 g/mol. The standard InChI is InChI=1S/C35H52O4/c1-22(2)13-12-19-33(11)27(16-14-23(3)4)21-34(20-18-25(7)8)30(37)28(17-15-24(5)6)31(38)35(33,32(34)39)29(36)26(9)10/h13-15,18,26-27,37H,12,16-17,19-21H2,1-11H3/t27?,33?,34?,35-/m1/s1. The highest BCUT2D eigenvalue weighted by atomic mass is 16.3. The molecule has 1 fully saturated rings. The van der Waals surface area contributed by atoms with E-state index in [1.54, 1.807) is 13.8 Å². The molecule has 2 bridgehead atoms. The lowest BCUT2D eigenvalue weighted by Gasteiger charge is -2.61. The summed E-state index contributed by atoms with van der Waals surface area (Å²) >= 11 is 0. The summed E-state index contributed by atoms with van der Waals surface area (Å²) in [5.41, 5.74) is 0.583. The number of hydrogen-bond acceptors (Lipinski definition) is 4. The van der Waals surface area contributed by atoms with Crippen LogP contribution in [0.1, 0.15) is 115 Å². The van der Waals surface area contributed by atoms with Crippen molar-refractivity contribution in [3.63, 3.8) is 0 Å². The van der Waals surface area contributed by atoms with Gasteiger partial charge < -0.3 is 5.11 Å². The molecule has 0 heterocycles. The monoisotopic (exact) mass is 536 g/mol. The third-order valence-electron chi connectivity index (χ3n) is 8.98. The molecule has 0 aromatic rings. The molecule has 0 saturated heterocycles. The second-order valence-corrected chi connectivity index (χ2v) is 13.5. The highest BCUT2D eigenvalue weighted by Crippen LogP contribution is 2.67. The predicted molar refractivity (Wildman–Crippen MR) is 161 cm³/mol. The van der Waals surface area contributed by atoms with Crippen molar-refractivity contribution >= 4 is 17.3 Å². The van der Waals surface area contributed by atoms with E-state index in [1.807, 2.05) is 74.5 Å². The van der Waals surface area contributed by atoms with Crippen LogP contribution in [0.2, 0.25) is 0 Å². The zero-order valence-electron chi connectivity index (χ0n) is 26.4. The number of carbonyl (C=O) groups is 3. The zero-order valence-corrected chi connectivity index (χ0v) is 26.4. The normalized spacial score (nSPS) is 28.3. The molecule has 0 aliphatic heterocycles. The number of ketones is 3. The summed E-state index contributed by atoms with van der Waals surface area (Å²) in [6.45, 7) is 21.6. The van der Waals surface area contributed by atoms with E-state index >= 15 is 0 Å². The molecule has 2 aliphatic carbocycles. The van der Waals surface area contributed by atoms with Crippen LogP contribution in [0.3, 0.4) is 0 Å². The van der Waals surface area contributed by atoms with Crippen LogP contribution in [0.5, 0.6) is 0 Å². The van der Waals surface area contributed by atoms with Gasteiger partial charge in [0.15, 0.2) is 22.8 Å². The first-order chi connectivity index (χ1) is 18.0. The van der Waals surface area contributed by atoms with Crippen LogP contribution in [0.15, 0.2) is 57.9 Å². The van der Waals surface area contributed by atoms with Crippen LogP contribution < -0.4 is 0 Å². The fraction of sp³-hybridized carbons (Fsp3) is 0.629. The first-order valence-corrected chi connectivity index (χ1v) is 14.6. The minimum absolute atomic E-state index is 0.117. The minimum atomic E-state index is -1.83. The van der Waals surface area contributed by atoms with Crippen molar-refractivity contribution in [1.29, 1.82) is 0 Å². The van der Waals surface area contributed by atoms with E-state index in [4.69, 9.17) is 0 Å². The number of aliphatic hydroxyl groups excluding tert-OH is 1. The van der Waals surface area contributed by atoms with E-state index in [-0.39, 0.29) is 41.7 Å². The van der Waals surface area contributed by atoms with E-state index in [0.717, 1.165) is 16.7 Å². The number of allylic oxidation sites excluding steroid dienone is 10. The Morgan fingerprint density at radius 3 is 1.92 bits per heavy atom. The molecule has 4 heteroatoms. The van der Waals surface area contributed by atoms with Crippen LogP contribution in [-0.2, 0) is 14.4 Å². The first kappa shape index (κ1) is 32.7. The summed E-state index contributed by atoms with van der Waals surface area (Å²) in [6.07, 6.45) is 11.0. The van der Waals surface area contributed by atoms with E-state index in [1.165, 1.54) is 5.57 Å². The minimum Gasteiger partial charge on any atom is -0.511 e. The molecule has 2 aliphatic rings. The van der Waals surface area contributed by atoms with Crippen molar-refractivity contribution in [3.05, 3.63) is 57.9 Å². The quantitative estimate of drug-likeness (QED) is 0.211. The third-order valence-corrected chi connectivity index (χ3v) is 8.98. The number of rotatable bonds is 11. The molecule has 3 unspecified atom stereocenters. The second-order valence-electron chi connectivity index (χ2n) is 13.5. The van der Waals surface area contributed by atoms with Gasteiger partial charge in [0.25, 0.3) is 0 Å². The largest absolute Gasteiger partial charge is 0.511 e. The predicted octanol–water partition coefficient (Wildman–Crippen LogP) is 8.99. The Kier molecular flexibility index (Phi) is 10.4. The van der Waals surface area contributed by atoms with Crippen molar-refractivity contribution in [2.75, 3.05) is 0 Å². The topological polar surface area (TPSA) is 71.4 Å². The maximum atomic E-state index is 15.0. The van der Waals surface area contributed by atoms with Gasteiger partial charge in [-0.25, -0.2) is 0 Å². The van der Waals surface area contributed by atoms with Gasteiger partial charge in [0.2, 0.25) is 0 Å². The third kappa shape index (κ3) is 5.86. The van der Waals surface area contributed by atoms with Gasteiger partial charge in [-0.15, -0.1) is 0 Å². The summed E-state index contributed by atoms with van der Waals surface area (Å²) in [6, 6.07) is 0. The van der Waals surface area contributed by atoms with Gasteiger partial charge in [0, 0.05) is 11.5 Å². The molecule has 1 N–H and O–H groups in total. The lowest BCUT2D eigenvalue weighted by Crippen LogP contribution is -2.71. The molecule has 0 radical (unpaired) electrons. The molecule has 0 aromatic carbocycles. The molecule has 1 saturated carbocycles. The van der Waals surface area contributed by atoms with Crippen molar-refractivity contribution in [3.8, 4) is 0 Å². The molecule has 0 amide bonds. The van der Waals surface area contributed by atoms with Gasteiger partial charge >= 0.3 is 0 Å². The average molecular weight is 537 g/mol. The molecule has 4 nitrogen and oxygen atoms in total. The van der Waals surface area contributed by atoms with Gasteiger partial charge in [-0.2, -0.15) is 0 Å². The summed E-state index contributed by atoms with van der Waals surface area (Å²) in [7, 11) is 0. The number of carbonyl (C=O) groups excluding carboxylic acids is 3. The summed E-state index contributed by atoms with van der Waals surface area (Å²) in [5.74, 6) is -1.93. The lowest BCUT2D eigenvalue weighted by atomic mass is 9.38. The Bertz CT molecular complexity index is 1140. The van der Waals surface area contributed by atoms with Gasteiger partial charge in [0.1, 0.15) is 5.76 Å². The van der Waals surface area contributed by atoms with E-state index in [9.17, 15) is 19.5 Å². The summed E-state index contributed by atoms with van der Waals surface area (Å²) in [5, 5.41) is 11.9. The van der Waals surface area contributed by atoms with Crippen LogP contribution in [-0.4, -0.2) is 22.5 Å². The SMILES string of the molecule is CC(C)=CCCC1(C)C(CC=C(C)C)CC2(CC=C(C)C)C(=O)[C@@]1(C(=O)C(C)C)C(=O)C(CC=C(C)C)=C2O. The molecule has 39 heavy (non-hydrogen) atoms. The Morgan fingerprint density at radius 1 is 0.897 bits per heavy atom. The van der Waals surface area contributed by atoms with Crippen molar-refractivity contribution in [2.45, 2.75) is 115 Å². The van der Waals surface area contributed by atoms with Crippen LogP contribution >= 0.6 is 0 Å². The molecule has 4 atom stereocenters. The average Bonchev–Trinajstić information content (AvgIpc) is 2.81. The lowest BCUT2D eigenvalue weighted by molar-refractivity contribution is -0.180. The number of hydrogen-bond donors (Lipinski definition) is 1. The highest BCUT2D eigenvalue weighted by molar-refractivity contribution is 6.33. The molecule has 2 rings (SSSR count). The van der Waals surface area contributed by atoms with E-state index < -0.39 is 27.9 Å². The van der Waals surface area contributed by atoms with Crippen molar-refractivity contribution in [1.82, 2.24) is 0 Å². The Hall–Kier alpha value is -2.49. The van der Waals surface area contributed by atoms with Crippen LogP contribution in [0, 0.1) is 28.1 Å². The Morgan fingerprint density at radius 2 is 1.44 bits per heavy atom. The molecule has 0 spiro atoms. The van der Waals surface area contributed by atoms with Crippen molar-refractivity contribution in [2.24, 2.45) is 28.1 Å². The van der Waals surface area contributed by atoms with Crippen LogP contribution in [0.4, 0.5) is 0 Å². The number of Topliss-reactive ketones (excluding diaryl/α,β-unsaturated/α-hetero) is 3. The molecule has 216 valence electrons. The summed E-state index contributed by atoms with van der Waals surface area (Å²) in [4.78, 5) is 44.3. The number of aliphatic hydroxyl groups is 1. The van der Waals surface area contributed by atoms with Crippen molar-refractivity contribution < 1.29 is 19.5 Å². The van der Waals surface area contributed by atoms with Gasteiger partial charge in [-0.3, -0.25) is 14.4 Å². The fourth-order valence-corrected chi connectivity index (χ4v) is 6.71. The molecular formula is C35H52O4. The van der Waals surface area contributed by atoms with Gasteiger partial charge in [-0.1, -0.05) is 67.4 Å².